The molecule has 0 bridgehead atoms. The second-order valence-corrected chi connectivity index (χ2v) is 4.66. The van der Waals surface area contributed by atoms with E-state index >= 15 is 0 Å². The standard InChI is InChI=1S/C14H18F3NO.ClH/c1-2-19-13-10-11(14(15,16)17)6-7-12(13)18-8-4-3-5-9-18;/h6-7,10H,2-5,8-9H2,1H3;1H. The highest BCUT2D eigenvalue weighted by molar-refractivity contribution is 5.85. The van der Waals surface area contributed by atoms with E-state index in [-0.39, 0.29) is 12.4 Å². The maximum absolute atomic E-state index is 12.7. The molecule has 2 nitrogen and oxygen atoms in total. The van der Waals surface area contributed by atoms with Crippen molar-refractivity contribution in [3.05, 3.63) is 23.8 Å². The van der Waals surface area contributed by atoms with Crippen LogP contribution in [-0.4, -0.2) is 19.7 Å². The van der Waals surface area contributed by atoms with Gasteiger partial charge in [-0.25, -0.2) is 0 Å². The van der Waals surface area contributed by atoms with Crippen molar-refractivity contribution in [2.75, 3.05) is 24.6 Å². The summed E-state index contributed by atoms with van der Waals surface area (Å²) in [6.45, 7) is 3.90. The van der Waals surface area contributed by atoms with Gasteiger partial charge in [0.25, 0.3) is 0 Å². The van der Waals surface area contributed by atoms with Gasteiger partial charge >= 0.3 is 6.18 Å². The van der Waals surface area contributed by atoms with Gasteiger partial charge in [-0.1, -0.05) is 0 Å². The molecule has 0 N–H and O–H groups in total. The van der Waals surface area contributed by atoms with Gasteiger partial charge in [0.05, 0.1) is 17.9 Å². The first kappa shape index (κ1) is 17.0. The fourth-order valence-corrected chi connectivity index (χ4v) is 2.36. The van der Waals surface area contributed by atoms with Crippen molar-refractivity contribution in [2.24, 2.45) is 0 Å². The van der Waals surface area contributed by atoms with Crippen molar-refractivity contribution in [3.8, 4) is 5.75 Å². The summed E-state index contributed by atoms with van der Waals surface area (Å²) < 4.78 is 43.5. The van der Waals surface area contributed by atoms with E-state index in [0.29, 0.717) is 12.4 Å². The third-order valence-electron chi connectivity index (χ3n) is 3.28. The normalized spacial score (nSPS) is 15.7. The first-order valence-corrected chi connectivity index (χ1v) is 6.61. The van der Waals surface area contributed by atoms with E-state index in [0.717, 1.165) is 43.8 Å². The number of hydrogen-bond donors (Lipinski definition) is 0. The minimum absolute atomic E-state index is 0. The highest BCUT2D eigenvalue weighted by Gasteiger charge is 2.31. The topological polar surface area (TPSA) is 12.5 Å². The Kier molecular flexibility index (Phi) is 5.99. The lowest BCUT2D eigenvalue weighted by Gasteiger charge is -2.30. The van der Waals surface area contributed by atoms with Crippen LogP contribution in [0.4, 0.5) is 18.9 Å². The minimum atomic E-state index is -4.33. The molecular formula is C14H19ClF3NO. The smallest absolute Gasteiger partial charge is 0.416 e. The Hall–Kier alpha value is -1.10. The first-order chi connectivity index (χ1) is 9.02. The van der Waals surface area contributed by atoms with Crippen LogP contribution in [0.2, 0.25) is 0 Å². The van der Waals surface area contributed by atoms with Crippen molar-refractivity contribution in [1.29, 1.82) is 0 Å². The van der Waals surface area contributed by atoms with Gasteiger partial charge in [-0.2, -0.15) is 13.2 Å². The van der Waals surface area contributed by atoms with Gasteiger partial charge in [-0.3, -0.25) is 0 Å². The van der Waals surface area contributed by atoms with E-state index in [1.807, 2.05) is 0 Å². The highest BCUT2D eigenvalue weighted by Crippen LogP contribution is 2.37. The van der Waals surface area contributed by atoms with Crippen molar-refractivity contribution in [2.45, 2.75) is 32.4 Å². The summed E-state index contributed by atoms with van der Waals surface area (Å²) in [5.74, 6) is 0.333. The van der Waals surface area contributed by atoms with E-state index < -0.39 is 11.7 Å². The number of hydrogen-bond acceptors (Lipinski definition) is 2. The Morgan fingerprint density at radius 3 is 2.35 bits per heavy atom. The zero-order valence-electron chi connectivity index (χ0n) is 11.4. The number of nitrogens with zero attached hydrogens (tertiary/aromatic N) is 1. The zero-order valence-corrected chi connectivity index (χ0v) is 12.2. The SMILES string of the molecule is CCOc1cc(C(F)(F)F)ccc1N1CCCCC1.Cl. The molecule has 114 valence electrons. The van der Waals surface area contributed by atoms with Gasteiger partial charge in [0.1, 0.15) is 5.75 Å². The highest BCUT2D eigenvalue weighted by atomic mass is 35.5. The molecule has 0 radical (unpaired) electrons. The molecule has 20 heavy (non-hydrogen) atoms. The number of piperidine rings is 1. The average Bonchev–Trinajstić information content (AvgIpc) is 2.39. The second-order valence-electron chi connectivity index (χ2n) is 4.66. The van der Waals surface area contributed by atoms with E-state index in [2.05, 4.69) is 4.90 Å². The predicted octanol–water partition coefficient (Wildman–Crippen LogP) is 4.52. The number of benzene rings is 1. The summed E-state index contributed by atoms with van der Waals surface area (Å²) in [5, 5.41) is 0. The van der Waals surface area contributed by atoms with Gasteiger partial charge in [-0.05, 0) is 44.4 Å². The van der Waals surface area contributed by atoms with Crippen molar-refractivity contribution < 1.29 is 17.9 Å². The Bertz CT molecular complexity index is 431. The molecule has 0 unspecified atom stereocenters. The molecule has 0 amide bonds. The fourth-order valence-electron chi connectivity index (χ4n) is 2.36. The molecule has 1 aromatic carbocycles. The molecule has 0 aliphatic carbocycles. The third kappa shape index (κ3) is 3.95. The maximum Gasteiger partial charge on any atom is 0.416 e. The third-order valence-corrected chi connectivity index (χ3v) is 3.28. The molecule has 0 spiro atoms. The number of halogens is 4. The van der Waals surface area contributed by atoms with Gasteiger partial charge in [0.15, 0.2) is 0 Å². The van der Waals surface area contributed by atoms with Crippen LogP contribution in [0.1, 0.15) is 31.7 Å². The number of ether oxygens (including phenoxy) is 1. The molecule has 1 saturated heterocycles. The summed E-state index contributed by atoms with van der Waals surface area (Å²) >= 11 is 0. The molecule has 0 aromatic heterocycles. The van der Waals surface area contributed by atoms with Crippen LogP contribution in [0.3, 0.4) is 0 Å². The molecule has 0 saturated carbocycles. The summed E-state index contributed by atoms with van der Waals surface area (Å²) in [5.41, 5.74) is 0.117. The Balaban J connectivity index is 0.00000200. The van der Waals surface area contributed by atoms with Crippen LogP contribution in [0.5, 0.6) is 5.75 Å². The molecule has 2 rings (SSSR count). The number of alkyl halides is 3. The minimum Gasteiger partial charge on any atom is -0.492 e. The van der Waals surface area contributed by atoms with Crippen LogP contribution in [0.25, 0.3) is 0 Å². The van der Waals surface area contributed by atoms with Crippen molar-refractivity contribution >= 4 is 18.1 Å². The van der Waals surface area contributed by atoms with Crippen LogP contribution in [-0.2, 0) is 6.18 Å². The monoisotopic (exact) mass is 309 g/mol. The van der Waals surface area contributed by atoms with E-state index in [1.165, 1.54) is 12.5 Å². The molecule has 0 atom stereocenters. The largest absolute Gasteiger partial charge is 0.492 e. The second kappa shape index (κ2) is 7.07. The van der Waals surface area contributed by atoms with Crippen molar-refractivity contribution in [3.63, 3.8) is 0 Å². The van der Waals surface area contributed by atoms with Gasteiger partial charge < -0.3 is 9.64 Å². The zero-order chi connectivity index (χ0) is 13.9. The van der Waals surface area contributed by atoms with E-state index in [1.54, 1.807) is 6.92 Å². The van der Waals surface area contributed by atoms with Gasteiger partial charge in [-0.15, -0.1) is 12.4 Å². The lowest BCUT2D eigenvalue weighted by Crippen LogP contribution is -2.29. The maximum atomic E-state index is 12.7. The van der Waals surface area contributed by atoms with Crippen LogP contribution in [0, 0.1) is 0 Å². The summed E-state index contributed by atoms with van der Waals surface area (Å²) in [6, 6.07) is 3.76. The van der Waals surface area contributed by atoms with Crippen molar-refractivity contribution in [1.82, 2.24) is 0 Å². The fraction of sp³-hybridized carbons (Fsp3) is 0.571. The average molecular weight is 310 g/mol. The van der Waals surface area contributed by atoms with Gasteiger partial charge in [0, 0.05) is 13.1 Å². The Morgan fingerprint density at radius 2 is 1.80 bits per heavy atom. The van der Waals surface area contributed by atoms with E-state index in [9.17, 15) is 13.2 Å². The molecule has 1 aromatic rings. The van der Waals surface area contributed by atoms with Crippen LogP contribution < -0.4 is 9.64 Å². The molecule has 1 aliphatic heterocycles. The quantitative estimate of drug-likeness (QED) is 0.814. The molecule has 1 fully saturated rings. The predicted molar refractivity (Wildman–Crippen MR) is 75.9 cm³/mol. The number of rotatable bonds is 3. The summed E-state index contributed by atoms with van der Waals surface area (Å²) in [7, 11) is 0. The Morgan fingerprint density at radius 1 is 1.15 bits per heavy atom. The summed E-state index contributed by atoms with van der Waals surface area (Å²) in [6.07, 6.45) is -0.993. The van der Waals surface area contributed by atoms with Crippen LogP contribution in [0.15, 0.2) is 18.2 Å². The molecule has 1 aliphatic rings. The number of anilines is 1. The van der Waals surface area contributed by atoms with E-state index in [4.69, 9.17) is 4.74 Å². The lowest BCUT2D eigenvalue weighted by atomic mass is 10.1. The Labute approximate surface area is 123 Å². The summed E-state index contributed by atoms with van der Waals surface area (Å²) in [4.78, 5) is 2.11. The first-order valence-electron chi connectivity index (χ1n) is 6.61. The molecular weight excluding hydrogens is 291 g/mol. The molecule has 1 heterocycles. The van der Waals surface area contributed by atoms with Crippen LogP contribution >= 0.6 is 12.4 Å². The lowest BCUT2D eigenvalue weighted by molar-refractivity contribution is -0.137. The molecule has 6 heteroatoms. The van der Waals surface area contributed by atoms with Gasteiger partial charge in [0.2, 0.25) is 0 Å².